The Hall–Kier alpha value is -1.86. The van der Waals surface area contributed by atoms with Crippen molar-refractivity contribution in [3.8, 4) is 0 Å². The van der Waals surface area contributed by atoms with E-state index in [0.29, 0.717) is 28.7 Å². The summed E-state index contributed by atoms with van der Waals surface area (Å²) in [6, 6.07) is 11.4. The van der Waals surface area contributed by atoms with Crippen LogP contribution >= 0.6 is 23.2 Å². The van der Waals surface area contributed by atoms with E-state index in [1.807, 2.05) is 12.1 Å². The lowest BCUT2D eigenvalue weighted by molar-refractivity contribution is 0.0583. The van der Waals surface area contributed by atoms with Crippen LogP contribution in [0.15, 0.2) is 36.5 Å². The Morgan fingerprint density at radius 3 is 2.45 bits per heavy atom. The molecule has 0 unspecified atom stereocenters. The second-order valence-corrected chi connectivity index (χ2v) is 9.98. The van der Waals surface area contributed by atoms with Gasteiger partial charge in [-0.3, -0.25) is 14.6 Å². The molecule has 2 aromatic rings. The molecule has 1 aromatic heterocycles. The van der Waals surface area contributed by atoms with E-state index < -0.39 is 0 Å². The minimum absolute atomic E-state index is 0. The third kappa shape index (κ3) is 5.46. The molecule has 1 N–H and O–H groups in total. The maximum atomic E-state index is 11.8. The third-order valence-electron chi connectivity index (χ3n) is 7.16. The number of anilines is 1. The van der Waals surface area contributed by atoms with Crippen molar-refractivity contribution < 1.29 is 6.22 Å². The molecule has 2 aliphatic rings. The molecule has 8 heteroatoms. The van der Waals surface area contributed by atoms with Crippen LogP contribution in [0.3, 0.4) is 0 Å². The first kappa shape index (κ1) is 24.3. The average molecular weight is 492 g/mol. The van der Waals surface area contributed by atoms with Gasteiger partial charge in [-0.05, 0) is 50.5 Å². The van der Waals surface area contributed by atoms with Gasteiger partial charge in [0.05, 0.1) is 10.6 Å². The number of piperidine rings is 1. The molecule has 1 aromatic carbocycles. The molecule has 0 aliphatic carbocycles. The number of aromatic nitrogens is 1. The average Bonchev–Trinajstić information content (AvgIpc) is 2.83. The summed E-state index contributed by atoms with van der Waals surface area (Å²) >= 11 is 12.5. The predicted octanol–water partition coefficient (Wildman–Crippen LogP) is 4.73. The molecule has 4 rings (SSSR count). The van der Waals surface area contributed by atoms with Crippen LogP contribution in [0.1, 0.15) is 50.1 Å². The fourth-order valence-electron chi connectivity index (χ4n) is 5.20. The summed E-state index contributed by atoms with van der Waals surface area (Å²) in [7, 11) is 1.61. The number of nitrogens with zero attached hydrogens (tertiary/aromatic N) is 4. The SMILES string of the molecule is CNC(=O)c1cnc(N2CCN(C3CCN([C@@H](C)c4ccc(Cl)cc4)CC3)[C@@H](C)C2)c(Cl)c1.[HH]. The quantitative estimate of drug-likeness (QED) is 0.654. The zero-order valence-corrected chi connectivity index (χ0v) is 21.1. The predicted molar refractivity (Wildman–Crippen MR) is 138 cm³/mol. The van der Waals surface area contributed by atoms with Crippen molar-refractivity contribution in [3.63, 3.8) is 0 Å². The Bertz CT molecular complexity index is 968. The lowest BCUT2D eigenvalue weighted by Gasteiger charge is -2.47. The molecular formula is C25H35Cl2N5O. The number of nitrogens with one attached hydrogen (secondary N) is 1. The molecule has 1 amide bonds. The normalized spacial score (nSPS) is 21.7. The Morgan fingerprint density at radius 1 is 1.15 bits per heavy atom. The van der Waals surface area contributed by atoms with Crippen molar-refractivity contribution in [2.45, 2.75) is 44.8 Å². The molecule has 33 heavy (non-hydrogen) atoms. The minimum atomic E-state index is -0.175. The molecule has 2 atom stereocenters. The first-order valence-electron chi connectivity index (χ1n) is 11.7. The Labute approximate surface area is 208 Å². The van der Waals surface area contributed by atoms with Gasteiger partial charge in [0.15, 0.2) is 0 Å². The number of likely N-dealkylation sites (tertiary alicyclic amines) is 1. The molecular weight excluding hydrogens is 457 g/mol. The smallest absolute Gasteiger partial charge is 0.252 e. The molecule has 0 bridgehead atoms. The Balaban J connectivity index is 0.00000324. The summed E-state index contributed by atoms with van der Waals surface area (Å²) in [6.07, 6.45) is 3.97. The van der Waals surface area contributed by atoms with E-state index >= 15 is 0 Å². The standard InChI is InChI=1S/C25H33Cl2N5O.H2/c1-17-16-31(24-23(27)14-20(15-29-24)25(33)28-3)12-13-32(17)22-8-10-30(11-9-22)18(2)19-4-6-21(26)7-5-19;/h4-7,14-15,17-18,22H,8-13,16H2,1-3H3,(H,28,33);1H/t17-,18-;/m0./s1. The highest BCUT2D eigenvalue weighted by atomic mass is 35.5. The molecule has 2 saturated heterocycles. The first-order chi connectivity index (χ1) is 15.9. The van der Waals surface area contributed by atoms with Gasteiger partial charge < -0.3 is 10.2 Å². The van der Waals surface area contributed by atoms with Crippen molar-refractivity contribution in [3.05, 3.63) is 57.7 Å². The van der Waals surface area contributed by atoms with Gasteiger partial charge in [-0.15, -0.1) is 0 Å². The van der Waals surface area contributed by atoms with Gasteiger partial charge in [0.2, 0.25) is 0 Å². The van der Waals surface area contributed by atoms with Gasteiger partial charge in [0.1, 0.15) is 5.82 Å². The minimum Gasteiger partial charge on any atom is -0.355 e. The summed E-state index contributed by atoms with van der Waals surface area (Å²) in [5.74, 6) is 0.591. The summed E-state index contributed by atoms with van der Waals surface area (Å²) in [6.45, 7) is 9.56. The lowest BCUT2D eigenvalue weighted by Crippen LogP contribution is -2.57. The fraction of sp³-hybridized carbons (Fsp3) is 0.520. The van der Waals surface area contributed by atoms with Crippen molar-refractivity contribution in [1.29, 1.82) is 0 Å². The van der Waals surface area contributed by atoms with Crippen molar-refractivity contribution in [2.24, 2.45) is 0 Å². The van der Waals surface area contributed by atoms with E-state index in [0.717, 1.165) is 43.6 Å². The Morgan fingerprint density at radius 2 is 1.85 bits per heavy atom. The van der Waals surface area contributed by atoms with Gasteiger partial charge in [-0.1, -0.05) is 35.3 Å². The van der Waals surface area contributed by atoms with E-state index in [-0.39, 0.29) is 7.33 Å². The maximum absolute atomic E-state index is 11.8. The lowest BCUT2D eigenvalue weighted by atomic mass is 9.97. The third-order valence-corrected chi connectivity index (χ3v) is 7.69. The number of amides is 1. The van der Waals surface area contributed by atoms with Crippen LogP contribution in [0, 0.1) is 0 Å². The molecule has 180 valence electrons. The number of hydrogen-bond donors (Lipinski definition) is 1. The largest absolute Gasteiger partial charge is 0.355 e. The number of rotatable bonds is 5. The number of halogens is 2. The van der Waals surface area contributed by atoms with Gasteiger partial charge >= 0.3 is 0 Å². The van der Waals surface area contributed by atoms with Gasteiger partial charge in [-0.25, -0.2) is 4.98 Å². The van der Waals surface area contributed by atoms with Crippen LogP contribution in [-0.4, -0.2) is 72.5 Å². The number of hydrogen-bond acceptors (Lipinski definition) is 5. The van der Waals surface area contributed by atoms with E-state index in [2.05, 4.69) is 51.0 Å². The number of benzene rings is 1. The van der Waals surface area contributed by atoms with Crippen LogP contribution in [0.5, 0.6) is 0 Å². The molecule has 6 nitrogen and oxygen atoms in total. The zero-order valence-electron chi connectivity index (χ0n) is 19.6. The number of piperazine rings is 1. The van der Waals surface area contributed by atoms with Crippen LogP contribution in [0.4, 0.5) is 5.82 Å². The number of carbonyl (C=O) groups is 1. The fourth-order valence-corrected chi connectivity index (χ4v) is 5.61. The topological polar surface area (TPSA) is 51.7 Å². The van der Waals surface area contributed by atoms with Crippen LogP contribution in [0.2, 0.25) is 10.0 Å². The van der Waals surface area contributed by atoms with E-state index in [1.165, 1.54) is 18.4 Å². The number of carbonyl (C=O) groups excluding carboxylic acids is 1. The monoisotopic (exact) mass is 491 g/mol. The van der Waals surface area contributed by atoms with Gasteiger partial charge in [0, 0.05) is 70.5 Å². The molecule has 2 aliphatic heterocycles. The molecule has 2 fully saturated rings. The summed E-state index contributed by atoms with van der Waals surface area (Å²) in [5.41, 5.74) is 1.81. The van der Waals surface area contributed by atoms with Crippen LogP contribution in [-0.2, 0) is 0 Å². The van der Waals surface area contributed by atoms with Gasteiger partial charge in [-0.2, -0.15) is 0 Å². The second kappa shape index (κ2) is 10.6. The van der Waals surface area contributed by atoms with E-state index in [4.69, 9.17) is 23.2 Å². The second-order valence-electron chi connectivity index (χ2n) is 9.14. The summed E-state index contributed by atoms with van der Waals surface area (Å²) in [4.78, 5) is 23.8. The summed E-state index contributed by atoms with van der Waals surface area (Å²) in [5, 5.41) is 3.93. The van der Waals surface area contributed by atoms with Gasteiger partial charge in [0.25, 0.3) is 5.91 Å². The van der Waals surface area contributed by atoms with Crippen LogP contribution in [0.25, 0.3) is 0 Å². The molecule has 3 heterocycles. The van der Waals surface area contributed by atoms with E-state index in [9.17, 15) is 4.79 Å². The Kier molecular flexibility index (Phi) is 7.80. The van der Waals surface area contributed by atoms with E-state index in [1.54, 1.807) is 19.3 Å². The molecule has 0 spiro atoms. The van der Waals surface area contributed by atoms with Crippen molar-refractivity contribution in [2.75, 3.05) is 44.7 Å². The zero-order chi connectivity index (χ0) is 23.5. The van der Waals surface area contributed by atoms with Crippen molar-refractivity contribution >= 4 is 34.9 Å². The summed E-state index contributed by atoms with van der Waals surface area (Å²) < 4.78 is 0. The number of pyridine rings is 1. The first-order valence-corrected chi connectivity index (χ1v) is 12.5. The van der Waals surface area contributed by atoms with Crippen molar-refractivity contribution in [1.82, 2.24) is 20.1 Å². The molecule has 0 radical (unpaired) electrons. The maximum Gasteiger partial charge on any atom is 0.252 e. The highest BCUT2D eigenvalue weighted by molar-refractivity contribution is 6.33. The highest BCUT2D eigenvalue weighted by Crippen LogP contribution is 2.30. The highest BCUT2D eigenvalue weighted by Gasteiger charge is 2.33. The molecule has 0 saturated carbocycles. The van der Waals surface area contributed by atoms with Crippen LogP contribution < -0.4 is 10.2 Å².